The van der Waals surface area contributed by atoms with Crippen LogP contribution in [0.4, 0.5) is 0 Å². The highest BCUT2D eigenvalue weighted by molar-refractivity contribution is 5.25. The summed E-state index contributed by atoms with van der Waals surface area (Å²) in [5.41, 5.74) is 3.81. The van der Waals surface area contributed by atoms with Gasteiger partial charge in [-0.2, -0.15) is 5.10 Å². The predicted molar refractivity (Wildman–Crippen MR) is 98.7 cm³/mol. The summed E-state index contributed by atoms with van der Waals surface area (Å²) in [4.78, 5) is 6.99. The van der Waals surface area contributed by atoms with Crippen LogP contribution in [0.2, 0.25) is 0 Å². The van der Waals surface area contributed by atoms with Gasteiger partial charge in [-0.05, 0) is 42.9 Å². The topological polar surface area (TPSA) is 52.4 Å². The molecule has 26 heavy (non-hydrogen) atoms. The maximum Gasteiger partial charge on any atom is 0.0760 e. The standard InChI is InChI=1S/C20H28N4O2/c1-25-15-19-20-17(5-9-23(19)14-18-4-2-3-8-21-18)12-22-24(20)13-16-6-10-26-11-7-16/h2-4,8,12,16,19H,5-7,9-11,13-15H2,1H3. The summed E-state index contributed by atoms with van der Waals surface area (Å²) in [5.74, 6) is 0.655. The van der Waals surface area contributed by atoms with Gasteiger partial charge in [-0.25, -0.2) is 0 Å². The molecule has 0 spiro atoms. The van der Waals surface area contributed by atoms with Gasteiger partial charge in [-0.1, -0.05) is 6.07 Å². The van der Waals surface area contributed by atoms with Crippen molar-refractivity contribution < 1.29 is 9.47 Å². The van der Waals surface area contributed by atoms with E-state index in [1.165, 1.54) is 11.3 Å². The van der Waals surface area contributed by atoms with Crippen molar-refractivity contribution in [3.8, 4) is 0 Å². The van der Waals surface area contributed by atoms with E-state index < -0.39 is 0 Å². The van der Waals surface area contributed by atoms with Crippen molar-refractivity contribution in [2.45, 2.75) is 38.4 Å². The fourth-order valence-electron chi connectivity index (χ4n) is 4.16. The van der Waals surface area contributed by atoms with Gasteiger partial charge in [-0.15, -0.1) is 0 Å². The van der Waals surface area contributed by atoms with Gasteiger partial charge in [0, 0.05) is 46.2 Å². The van der Waals surface area contributed by atoms with Gasteiger partial charge >= 0.3 is 0 Å². The van der Waals surface area contributed by atoms with Crippen LogP contribution < -0.4 is 0 Å². The fraction of sp³-hybridized carbons (Fsp3) is 0.600. The highest BCUT2D eigenvalue weighted by atomic mass is 16.5. The van der Waals surface area contributed by atoms with Gasteiger partial charge in [0.15, 0.2) is 0 Å². The van der Waals surface area contributed by atoms with Crippen LogP contribution in [0.15, 0.2) is 30.6 Å². The van der Waals surface area contributed by atoms with E-state index in [4.69, 9.17) is 14.6 Å². The third-order valence-electron chi connectivity index (χ3n) is 5.57. The van der Waals surface area contributed by atoms with Gasteiger partial charge in [-0.3, -0.25) is 14.6 Å². The molecule has 0 N–H and O–H groups in total. The van der Waals surface area contributed by atoms with Crippen molar-refractivity contribution in [1.82, 2.24) is 19.7 Å². The van der Waals surface area contributed by atoms with Crippen molar-refractivity contribution in [2.24, 2.45) is 5.92 Å². The Labute approximate surface area is 155 Å². The van der Waals surface area contributed by atoms with Crippen LogP contribution in [0, 0.1) is 5.92 Å². The van der Waals surface area contributed by atoms with Crippen LogP contribution in [0.1, 0.15) is 35.8 Å². The molecule has 140 valence electrons. The Kier molecular flexibility index (Phi) is 5.62. The van der Waals surface area contributed by atoms with Gasteiger partial charge in [0.2, 0.25) is 0 Å². The molecule has 4 heterocycles. The molecule has 1 saturated heterocycles. The number of ether oxygens (including phenoxy) is 2. The lowest BCUT2D eigenvalue weighted by molar-refractivity contribution is 0.0543. The third-order valence-corrected chi connectivity index (χ3v) is 5.57. The second-order valence-corrected chi connectivity index (χ2v) is 7.31. The minimum absolute atomic E-state index is 0.230. The maximum absolute atomic E-state index is 5.60. The number of hydrogen-bond acceptors (Lipinski definition) is 5. The molecule has 1 atom stereocenters. The Hall–Kier alpha value is -1.76. The Balaban J connectivity index is 1.56. The van der Waals surface area contributed by atoms with E-state index in [0.717, 1.165) is 57.8 Å². The fourth-order valence-corrected chi connectivity index (χ4v) is 4.16. The summed E-state index contributed by atoms with van der Waals surface area (Å²) in [5, 5.41) is 4.74. The molecule has 1 fully saturated rings. The van der Waals surface area contributed by atoms with Crippen molar-refractivity contribution in [2.75, 3.05) is 33.5 Å². The summed E-state index contributed by atoms with van der Waals surface area (Å²) in [7, 11) is 1.78. The van der Waals surface area contributed by atoms with Crippen LogP contribution in [-0.2, 0) is 29.0 Å². The molecule has 4 rings (SSSR count). The summed E-state index contributed by atoms with van der Waals surface area (Å²) in [6.45, 7) is 5.27. The molecule has 0 bridgehead atoms. The van der Waals surface area contributed by atoms with Crippen molar-refractivity contribution in [1.29, 1.82) is 0 Å². The van der Waals surface area contributed by atoms with E-state index in [2.05, 4.69) is 32.9 Å². The van der Waals surface area contributed by atoms with Crippen LogP contribution >= 0.6 is 0 Å². The number of methoxy groups -OCH3 is 1. The lowest BCUT2D eigenvalue weighted by Crippen LogP contribution is -2.39. The van der Waals surface area contributed by atoms with Gasteiger partial charge in [0.25, 0.3) is 0 Å². The molecule has 1 unspecified atom stereocenters. The van der Waals surface area contributed by atoms with E-state index in [-0.39, 0.29) is 6.04 Å². The molecule has 0 amide bonds. The molecule has 0 aliphatic carbocycles. The second kappa shape index (κ2) is 8.29. The van der Waals surface area contributed by atoms with E-state index in [1.807, 2.05) is 12.3 Å². The summed E-state index contributed by atoms with van der Waals surface area (Å²) < 4.78 is 13.3. The van der Waals surface area contributed by atoms with Crippen molar-refractivity contribution >= 4 is 0 Å². The first-order valence-electron chi connectivity index (χ1n) is 9.60. The lowest BCUT2D eigenvalue weighted by atomic mass is 9.97. The van der Waals surface area contributed by atoms with E-state index in [9.17, 15) is 0 Å². The number of hydrogen-bond donors (Lipinski definition) is 0. The predicted octanol–water partition coefficient (Wildman–Crippen LogP) is 2.45. The highest BCUT2D eigenvalue weighted by Crippen LogP contribution is 2.32. The smallest absolute Gasteiger partial charge is 0.0760 e. The quantitative estimate of drug-likeness (QED) is 0.796. The third kappa shape index (κ3) is 3.82. The largest absolute Gasteiger partial charge is 0.383 e. The monoisotopic (exact) mass is 356 g/mol. The minimum Gasteiger partial charge on any atom is -0.383 e. The van der Waals surface area contributed by atoms with Crippen LogP contribution in [0.25, 0.3) is 0 Å². The number of aromatic nitrogens is 3. The zero-order valence-electron chi connectivity index (χ0n) is 15.5. The second-order valence-electron chi connectivity index (χ2n) is 7.31. The zero-order valence-corrected chi connectivity index (χ0v) is 15.5. The molecule has 2 aromatic rings. The first kappa shape index (κ1) is 17.6. The SMILES string of the molecule is COCC1c2c(cnn2CC2CCOCC2)CCN1Cc1ccccn1. The van der Waals surface area contributed by atoms with Crippen molar-refractivity contribution in [3.63, 3.8) is 0 Å². The summed E-state index contributed by atoms with van der Waals surface area (Å²) in [6.07, 6.45) is 7.22. The first-order chi connectivity index (χ1) is 12.8. The number of rotatable bonds is 6. The molecule has 2 aromatic heterocycles. The first-order valence-corrected chi connectivity index (χ1v) is 9.60. The molecule has 6 heteroatoms. The molecule has 2 aliphatic rings. The summed E-state index contributed by atoms with van der Waals surface area (Å²) >= 11 is 0. The molecule has 2 aliphatic heterocycles. The Morgan fingerprint density at radius 1 is 1.27 bits per heavy atom. The number of fused-ring (bicyclic) bond motifs is 1. The highest BCUT2D eigenvalue weighted by Gasteiger charge is 2.32. The van der Waals surface area contributed by atoms with Crippen LogP contribution in [0.3, 0.4) is 0 Å². The molecular weight excluding hydrogens is 328 g/mol. The van der Waals surface area contributed by atoms with Crippen LogP contribution in [0.5, 0.6) is 0 Å². The number of nitrogens with zero attached hydrogens (tertiary/aromatic N) is 4. The molecule has 0 aromatic carbocycles. The van der Waals surface area contributed by atoms with E-state index in [0.29, 0.717) is 12.5 Å². The Bertz CT molecular complexity index is 697. The average Bonchev–Trinajstić information content (AvgIpc) is 3.08. The lowest BCUT2D eigenvalue weighted by Gasteiger charge is -2.36. The Morgan fingerprint density at radius 3 is 2.92 bits per heavy atom. The van der Waals surface area contributed by atoms with Gasteiger partial charge < -0.3 is 9.47 Å². The molecule has 6 nitrogen and oxygen atoms in total. The molecule has 0 saturated carbocycles. The summed E-state index contributed by atoms with van der Waals surface area (Å²) in [6, 6.07) is 6.35. The molecule has 0 radical (unpaired) electrons. The normalized spacial score (nSPS) is 21.7. The van der Waals surface area contributed by atoms with Crippen LogP contribution in [-0.4, -0.2) is 53.1 Å². The zero-order chi connectivity index (χ0) is 17.8. The maximum atomic E-state index is 5.60. The van der Waals surface area contributed by atoms with E-state index >= 15 is 0 Å². The van der Waals surface area contributed by atoms with E-state index in [1.54, 1.807) is 7.11 Å². The van der Waals surface area contributed by atoms with Gasteiger partial charge in [0.05, 0.1) is 30.2 Å². The minimum atomic E-state index is 0.230. The average molecular weight is 356 g/mol. The van der Waals surface area contributed by atoms with Crippen molar-refractivity contribution in [3.05, 3.63) is 47.5 Å². The van der Waals surface area contributed by atoms with Gasteiger partial charge in [0.1, 0.15) is 0 Å². The molecular formula is C20H28N4O2. The Morgan fingerprint density at radius 2 is 2.15 bits per heavy atom. The number of pyridine rings is 1.